The first-order chi connectivity index (χ1) is 12.0. The Labute approximate surface area is 157 Å². The molecule has 25 heavy (non-hydrogen) atoms. The van der Waals surface area contributed by atoms with Gasteiger partial charge in [0.15, 0.2) is 0 Å². The maximum absolute atomic E-state index is 12.6. The highest BCUT2D eigenvalue weighted by Crippen LogP contribution is 2.36. The molecule has 2 rings (SSSR count). The normalized spacial score (nSPS) is 18.2. The van der Waals surface area contributed by atoms with Gasteiger partial charge in [0.25, 0.3) is 0 Å². The number of nitrogens with two attached hydrogens (primary N) is 1. The number of hydrogen-bond acceptors (Lipinski definition) is 3. The number of carbonyl (C=O) groups is 1. The minimum Gasteiger partial charge on any atom is -0.369 e. The predicted molar refractivity (Wildman–Crippen MR) is 105 cm³/mol. The lowest BCUT2D eigenvalue weighted by atomic mass is 9.73. The van der Waals surface area contributed by atoms with Crippen molar-refractivity contribution in [3.8, 4) is 0 Å². The minimum atomic E-state index is -0.725. The van der Waals surface area contributed by atoms with Gasteiger partial charge in [-0.1, -0.05) is 50.1 Å². The molecule has 4 nitrogen and oxygen atoms in total. The van der Waals surface area contributed by atoms with Crippen LogP contribution in [0.5, 0.6) is 0 Å². The molecule has 0 bridgehead atoms. The smallest absolute Gasteiger partial charge is 0.228 e. The van der Waals surface area contributed by atoms with Crippen LogP contribution in [0.25, 0.3) is 0 Å². The summed E-state index contributed by atoms with van der Waals surface area (Å²) in [5.41, 5.74) is 6.10. The van der Waals surface area contributed by atoms with Crippen molar-refractivity contribution in [2.45, 2.75) is 57.4 Å². The zero-order valence-electron chi connectivity index (χ0n) is 15.6. The van der Waals surface area contributed by atoms with Crippen LogP contribution in [0.1, 0.15) is 51.5 Å². The molecule has 1 aliphatic heterocycles. The molecule has 1 aromatic carbocycles. The van der Waals surface area contributed by atoms with E-state index in [9.17, 15) is 4.79 Å². The van der Waals surface area contributed by atoms with Gasteiger partial charge in [0.2, 0.25) is 5.91 Å². The standard InChI is InChI=1S/C20H32ClN3O/c1-16(2)23-12-10-20(19(22)25,17-8-4-5-9-18(17)21)11-15-24-13-6-3-7-14-24/h4-5,8-9,16,23H,3,6-7,10-15H2,1-2H3,(H2,22,25). The first-order valence-corrected chi connectivity index (χ1v) is 9.84. The first-order valence-electron chi connectivity index (χ1n) is 9.46. The highest BCUT2D eigenvalue weighted by molar-refractivity contribution is 6.31. The lowest BCUT2D eigenvalue weighted by Gasteiger charge is -2.35. The summed E-state index contributed by atoms with van der Waals surface area (Å²) in [7, 11) is 0. The van der Waals surface area contributed by atoms with Gasteiger partial charge in [-0.3, -0.25) is 4.79 Å². The fraction of sp³-hybridized carbons (Fsp3) is 0.650. The second-order valence-electron chi connectivity index (χ2n) is 7.44. The molecular formula is C20H32ClN3O. The van der Waals surface area contributed by atoms with E-state index in [4.69, 9.17) is 17.3 Å². The molecule has 1 fully saturated rings. The first kappa shape index (κ1) is 20.2. The van der Waals surface area contributed by atoms with Gasteiger partial charge in [-0.15, -0.1) is 0 Å². The molecule has 1 unspecified atom stereocenters. The van der Waals surface area contributed by atoms with E-state index < -0.39 is 5.41 Å². The molecule has 0 spiro atoms. The number of carbonyl (C=O) groups excluding carboxylic acids is 1. The highest BCUT2D eigenvalue weighted by atomic mass is 35.5. The molecule has 0 aromatic heterocycles. The summed E-state index contributed by atoms with van der Waals surface area (Å²) < 4.78 is 0. The largest absolute Gasteiger partial charge is 0.369 e. The van der Waals surface area contributed by atoms with Gasteiger partial charge in [-0.05, 0) is 63.5 Å². The zero-order valence-corrected chi connectivity index (χ0v) is 16.3. The molecule has 0 saturated carbocycles. The van der Waals surface area contributed by atoms with Crippen molar-refractivity contribution in [3.63, 3.8) is 0 Å². The van der Waals surface area contributed by atoms with Crippen LogP contribution in [0, 0.1) is 0 Å². The van der Waals surface area contributed by atoms with Gasteiger partial charge < -0.3 is 16.0 Å². The maximum Gasteiger partial charge on any atom is 0.228 e. The molecule has 5 heteroatoms. The quantitative estimate of drug-likeness (QED) is 0.705. The molecule has 1 saturated heterocycles. The maximum atomic E-state index is 12.6. The number of likely N-dealkylation sites (tertiary alicyclic amines) is 1. The van der Waals surface area contributed by atoms with E-state index in [1.807, 2.05) is 24.3 Å². The number of nitrogens with zero attached hydrogens (tertiary/aromatic N) is 1. The Morgan fingerprint density at radius 2 is 1.92 bits per heavy atom. The Kier molecular flexibility index (Phi) is 7.73. The van der Waals surface area contributed by atoms with Crippen molar-refractivity contribution >= 4 is 17.5 Å². The third kappa shape index (κ3) is 5.44. The van der Waals surface area contributed by atoms with Crippen molar-refractivity contribution in [2.75, 3.05) is 26.2 Å². The van der Waals surface area contributed by atoms with E-state index in [1.54, 1.807) is 0 Å². The van der Waals surface area contributed by atoms with Crippen LogP contribution >= 0.6 is 11.6 Å². The molecule has 1 aliphatic rings. The molecule has 1 aromatic rings. The van der Waals surface area contributed by atoms with Crippen molar-refractivity contribution in [3.05, 3.63) is 34.9 Å². The van der Waals surface area contributed by atoms with Crippen LogP contribution in [0.4, 0.5) is 0 Å². The molecule has 3 N–H and O–H groups in total. The van der Waals surface area contributed by atoms with Gasteiger partial charge >= 0.3 is 0 Å². The second-order valence-corrected chi connectivity index (χ2v) is 7.84. The van der Waals surface area contributed by atoms with Gasteiger partial charge in [0, 0.05) is 11.1 Å². The number of primary amides is 1. The number of hydrogen-bond donors (Lipinski definition) is 2. The second kappa shape index (κ2) is 9.56. The van der Waals surface area contributed by atoms with E-state index in [1.165, 1.54) is 19.3 Å². The van der Waals surface area contributed by atoms with Crippen LogP contribution in [0.2, 0.25) is 5.02 Å². The number of nitrogens with one attached hydrogen (secondary N) is 1. The van der Waals surface area contributed by atoms with Crippen molar-refractivity contribution < 1.29 is 4.79 Å². The van der Waals surface area contributed by atoms with Crippen molar-refractivity contribution in [2.24, 2.45) is 5.73 Å². The zero-order chi connectivity index (χ0) is 18.3. The Bertz CT molecular complexity index is 558. The summed E-state index contributed by atoms with van der Waals surface area (Å²) in [6.45, 7) is 8.06. The van der Waals surface area contributed by atoms with Crippen LogP contribution in [-0.4, -0.2) is 43.0 Å². The Morgan fingerprint density at radius 1 is 1.24 bits per heavy atom. The molecule has 1 amide bonds. The molecule has 1 atom stereocenters. The van der Waals surface area contributed by atoms with Crippen molar-refractivity contribution in [1.29, 1.82) is 0 Å². The van der Waals surface area contributed by atoms with Crippen LogP contribution < -0.4 is 11.1 Å². The number of amides is 1. The van der Waals surface area contributed by atoms with Gasteiger partial charge in [0.1, 0.15) is 0 Å². The Morgan fingerprint density at radius 3 is 2.52 bits per heavy atom. The van der Waals surface area contributed by atoms with Crippen LogP contribution in [0.3, 0.4) is 0 Å². The average molecular weight is 366 g/mol. The number of rotatable bonds is 9. The average Bonchev–Trinajstić information content (AvgIpc) is 2.59. The number of benzene rings is 1. The fourth-order valence-corrected chi connectivity index (χ4v) is 4.05. The molecular weight excluding hydrogens is 334 g/mol. The summed E-state index contributed by atoms with van der Waals surface area (Å²) >= 11 is 6.47. The number of piperidine rings is 1. The third-order valence-electron chi connectivity index (χ3n) is 5.27. The van der Waals surface area contributed by atoms with E-state index >= 15 is 0 Å². The molecule has 0 aliphatic carbocycles. The Hall–Kier alpha value is -1.10. The van der Waals surface area contributed by atoms with E-state index in [0.717, 1.165) is 31.7 Å². The predicted octanol–water partition coefficient (Wildman–Crippen LogP) is 3.33. The SMILES string of the molecule is CC(C)NCCC(CCN1CCCCC1)(C(N)=O)c1ccccc1Cl. The fourth-order valence-electron chi connectivity index (χ4n) is 3.73. The van der Waals surface area contributed by atoms with Crippen LogP contribution in [-0.2, 0) is 10.2 Å². The van der Waals surface area contributed by atoms with Crippen LogP contribution in [0.15, 0.2) is 24.3 Å². The lowest BCUT2D eigenvalue weighted by Crippen LogP contribution is -2.47. The minimum absolute atomic E-state index is 0.275. The Balaban J connectivity index is 2.23. The van der Waals surface area contributed by atoms with E-state index in [-0.39, 0.29) is 5.91 Å². The number of halogens is 1. The summed E-state index contributed by atoms with van der Waals surface area (Å²) in [4.78, 5) is 15.1. The van der Waals surface area contributed by atoms with Gasteiger partial charge in [-0.2, -0.15) is 0 Å². The highest BCUT2D eigenvalue weighted by Gasteiger charge is 2.39. The monoisotopic (exact) mass is 365 g/mol. The summed E-state index contributed by atoms with van der Waals surface area (Å²) in [5, 5.41) is 4.05. The van der Waals surface area contributed by atoms with Gasteiger partial charge in [0.05, 0.1) is 5.41 Å². The van der Waals surface area contributed by atoms with E-state index in [0.29, 0.717) is 23.9 Å². The summed E-state index contributed by atoms with van der Waals surface area (Å²) in [6.07, 6.45) is 5.17. The molecule has 0 radical (unpaired) electrons. The van der Waals surface area contributed by atoms with Gasteiger partial charge in [-0.25, -0.2) is 0 Å². The molecule has 1 heterocycles. The lowest BCUT2D eigenvalue weighted by molar-refractivity contribution is -0.124. The topological polar surface area (TPSA) is 58.4 Å². The molecule has 140 valence electrons. The summed E-state index contributed by atoms with van der Waals surface area (Å²) in [6, 6.07) is 8.02. The summed E-state index contributed by atoms with van der Waals surface area (Å²) in [5.74, 6) is -0.275. The third-order valence-corrected chi connectivity index (χ3v) is 5.60. The van der Waals surface area contributed by atoms with E-state index in [2.05, 4.69) is 24.1 Å². The van der Waals surface area contributed by atoms with Crippen molar-refractivity contribution in [1.82, 2.24) is 10.2 Å².